The summed E-state index contributed by atoms with van der Waals surface area (Å²) in [4.78, 5) is 31.6. The van der Waals surface area contributed by atoms with Crippen LogP contribution in [0.5, 0.6) is 0 Å². The van der Waals surface area contributed by atoms with E-state index in [4.69, 9.17) is 29.9 Å². The smallest absolute Gasteiger partial charge is 0.164 e. The Bertz CT molecular complexity index is 4600. The van der Waals surface area contributed by atoms with Gasteiger partial charge in [0.1, 0.15) is 0 Å². The molecule has 6 heteroatoms. The lowest BCUT2D eigenvalue weighted by molar-refractivity contribution is 0.754. The third-order valence-electron chi connectivity index (χ3n) is 17.4. The van der Waals surface area contributed by atoms with Crippen LogP contribution in [0.3, 0.4) is 0 Å². The second kappa shape index (κ2) is 17.7. The van der Waals surface area contributed by atoms with Crippen LogP contribution in [0, 0.1) is 0 Å². The largest absolute Gasteiger partial charge is 0.208 e. The number of hydrogen-bond acceptors (Lipinski definition) is 6. The minimum absolute atomic E-state index is 0.00395. The summed E-state index contributed by atoms with van der Waals surface area (Å²) in [5, 5.41) is 0. The van der Waals surface area contributed by atoms with Crippen molar-refractivity contribution in [3.8, 4) is 102 Å². The average molecular weight is 1030 g/mol. The highest BCUT2D eigenvalue weighted by Crippen LogP contribution is 2.65. The molecule has 81 heavy (non-hydrogen) atoms. The molecule has 0 saturated heterocycles. The van der Waals surface area contributed by atoms with Crippen LogP contribution in [0.2, 0.25) is 0 Å². The molecule has 1 spiro atoms. The molecular formula is C75H46N6. The highest BCUT2D eigenvalue weighted by Gasteiger charge is 2.53. The summed E-state index contributed by atoms with van der Waals surface area (Å²) in [6, 6.07) is 95.9. The number of rotatable bonds is 7. The van der Waals surface area contributed by atoms with Crippen LogP contribution >= 0.6 is 0 Å². The molecule has 6 nitrogen and oxygen atoms in total. The fraction of sp³-hybridized carbons (Fsp3) is 0.0400. The van der Waals surface area contributed by atoms with E-state index in [0.717, 1.165) is 44.5 Å². The second-order valence-electron chi connectivity index (χ2n) is 21.6. The molecule has 2 heterocycles. The third kappa shape index (κ3) is 6.74. The van der Waals surface area contributed by atoms with Crippen LogP contribution in [0.4, 0.5) is 0 Å². The summed E-state index contributed by atoms with van der Waals surface area (Å²) < 4.78 is 0. The SMILES string of the molecule is c1ccc(-c2nc(-c3ccccc3)nc(-c3ccc4c(c3)C3c5ccccc5C4c4cc(-c5nc(-c6ccccc6)nc(-c6ccccc6-c6cccc7c6C6(c8ccccc8-c8ccccc86)c6ccccc6-7)n5)ccc43)n2)cc1. The van der Waals surface area contributed by atoms with E-state index in [-0.39, 0.29) is 11.8 Å². The Labute approximate surface area is 469 Å². The maximum atomic E-state index is 5.54. The molecule has 2 atom stereocenters. The number of hydrogen-bond donors (Lipinski definition) is 0. The van der Waals surface area contributed by atoms with Crippen molar-refractivity contribution in [3.05, 3.63) is 323 Å². The van der Waals surface area contributed by atoms with Gasteiger partial charge in [-0.25, -0.2) is 29.9 Å². The van der Waals surface area contributed by atoms with E-state index in [1.807, 2.05) is 42.5 Å². The fourth-order valence-corrected chi connectivity index (χ4v) is 14.1. The lowest BCUT2D eigenvalue weighted by Gasteiger charge is -2.42. The first-order valence-electron chi connectivity index (χ1n) is 27.8. The predicted octanol–water partition coefficient (Wildman–Crippen LogP) is 17.1. The normalized spacial score (nSPS) is 15.0. The van der Waals surface area contributed by atoms with Crippen LogP contribution in [0.25, 0.3) is 102 Å². The molecule has 2 unspecified atom stereocenters. The maximum Gasteiger partial charge on any atom is 0.164 e. The van der Waals surface area contributed by atoms with Crippen LogP contribution in [-0.2, 0) is 5.41 Å². The summed E-state index contributed by atoms with van der Waals surface area (Å²) in [7, 11) is 0. The van der Waals surface area contributed by atoms with Gasteiger partial charge in [-0.2, -0.15) is 0 Å². The Balaban J connectivity index is 0.816. The van der Waals surface area contributed by atoms with E-state index in [1.165, 1.54) is 77.9 Å². The number of aromatic nitrogens is 6. The molecule has 0 saturated carbocycles. The monoisotopic (exact) mass is 1030 g/mol. The second-order valence-corrected chi connectivity index (χ2v) is 21.6. The summed E-state index contributed by atoms with van der Waals surface area (Å²) in [5.74, 6) is 3.79. The van der Waals surface area contributed by atoms with Crippen LogP contribution in [0.1, 0.15) is 67.5 Å². The first-order chi connectivity index (χ1) is 40.2. The zero-order chi connectivity index (χ0) is 53.2. The van der Waals surface area contributed by atoms with Gasteiger partial charge in [0.2, 0.25) is 0 Å². The molecule has 0 fully saturated rings. The van der Waals surface area contributed by atoms with Crippen molar-refractivity contribution < 1.29 is 0 Å². The molecule has 0 N–H and O–H groups in total. The van der Waals surface area contributed by atoms with Crippen molar-refractivity contribution in [2.75, 3.05) is 0 Å². The Morgan fingerprint density at radius 1 is 0.210 bits per heavy atom. The van der Waals surface area contributed by atoms with E-state index in [0.29, 0.717) is 34.9 Å². The maximum absolute atomic E-state index is 5.54. The van der Waals surface area contributed by atoms with Crippen LogP contribution in [0.15, 0.2) is 267 Å². The van der Waals surface area contributed by atoms with Gasteiger partial charge in [-0.1, -0.05) is 255 Å². The van der Waals surface area contributed by atoms with Crippen molar-refractivity contribution in [2.24, 2.45) is 0 Å². The van der Waals surface area contributed by atoms with Gasteiger partial charge in [0.05, 0.1) is 5.41 Å². The zero-order valence-electron chi connectivity index (χ0n) is 43.7. The molecule has 0 amide bonds. The summed E-state index contributed by atoms with van der Waals surface area (Å²) >= 11 is 0. The Morgan fingerprint density at radius 2 is 0.519 bits per heavy atom. The van der Waals surface area contributed by atoms with E-state index in [1.54, 1.807) is 0 Å². The minimum Gasteiger partial charge on any atom is -0.208 e. The van der Waals surface area contributed by atoms with Crippen molar-refractivity contribution in [1.82, 2.24) is 29.9 Å². The first-order valence-corrected chi connectivity index (χ1v) is 27.8. The number of nitrogens with zero attached hydrogens (tertiary/aromatic N) is 6. The zero-order valence-corrected chi connectivity index (χ0v) is 43.7. The molecule has 5 aliphatic carbocycles. The van der Waals surface area contributed by atoms with Crippen LogP contribution < -0.4 is 0 Å². The minimum atomic E-state index is -0.534. The number of benzene rings is 11. The fourth-order valence-electron chi connectivity index (χ4n) is 14.1. The van der Waals surface area contributed by atoms with Gasteiger partial charge in [-0.05, 0) is 101 Å². The Morgan fingerprint density at radius 3 is 0.963 bits per heavy atom. The van der Waals surface area contributed by atoms with Gasteiger partial charge in [-0.15, -0.1) is 0 Å². The van der Waals surface area contributed by atoms with Gasteiger partial charge in [0, 0.05) is 45.2 Å². The standard InChI is InChI=1S/C75H46N6/c1-4-21-45(22-5-1)69-76-70(46-23-6-2-7-24-46)78-72(77-69)48-39-41-56-61(43-48)66-54-31-11-12-32-55(54)67(56)62-44-49(40-42-57(62)66)73-79-71(47-25-8-3-9-26-47)80-74(81-73)60-33-13-10-27-50(60)58-34-20-35-59-53-30-16-19-38-65(53)75(68(58)59)63-36-17-14-28-51(63)52-29-15-18-37-64(52)75/h1-44,66-67H. The highest BCUT2D eigenvalue weighted by molar-refractivity contribution is 6.00. The molecule has 5 aliphatic rings. The molecule has 11 aromatic carbocycles. The molecule has 376 valence electrons. The van der Waals surface area contributed by atoms with Gasteiger partial charge in [0.25, 0.3) is 0 Å². The molecular weight excluding hydrogens is 985 g/mol. The first kappa shape index (κ1) is 45.5. The van der Waals surface area contributed by atoms with Crippen molar-refractivity contribution in [3.63, 3.8) is 0 Å². The summed E-state index contributed by atoms with van der Waals surface area (Å²) in [6.45, 7) is 0. The lowest BCUT2D eigenvalue weighted by atomic mass is 9.61. The third-order valence-corrected chi connectivity index (χ3v) is 17.4. The highest BCUT2D eigenvalue weighted by atomic mass is 15.0. The number of fused-ring (bicyclic) bond motifs is 10. The predicted molar refractivity (Wildman–Crippen MR) is 322 cm³/mol. The topological polar surface area (TPSA) is 77.3 Å². The summed E-state index contributed by atoms with van der Waals surface area (Å²) in [6.07, 6.45) is 0. The average Bonchev–Trinajstić information content (AvgIpc) is 3.80. The Hall–Kier alpha value is -10.6. The van der Waals surface area contributed by atoms with Crippen molar-refractivity contribution >= 4 is 0 Å². The van der Waals surface area contributed by atoms with Gasteiger partial charge in [0.15, 0.2) is 34.9 Å². The van der Waals surface area contributed by atoms with E-state index in [9.17, 15) is 0 Å². The lowest BCUT2D eigenvalue weighted by Crippen LogP contribution is -2.27. The van der Waals surface area contributed by atoms with Crippen molar-refractivity contribution in [1.29, 1.82) is 0 Å². The van der Waals surface area contributed by atoms with E-state index >= 15 is 0 Å². The van der Waals surface area contributed by atoms with Crippen molar-refractivity contribution in [2.45, 2.75) is 17.3 Å². The van der Waals surface area contributed by atoms with Gasteiger partial charge in [-0.3, -0.25) is 0 Å². The van der Waals surface area contributed by atoms with Gasteiger partial charge < -0.3 is 0 Å². The molecule has 13 aromatic rings. The van der Waals surface area contributed by atoms with Gasteiger partial charge >= 0.3 is 0 Å². The van der Waals surface area contributed by atoms with E-state index in [2.05, 4.69) is 224 Å². The molecule has 0 radical (unpaired) electrons. The van der Waals surface area contributed by atoms with Crippen LogP contribution in [-0.4, -0.2) is 29.9 Å². The molecule has 2 aromatic heterocycles. The summed E-state index contributed by atoms with van der Waals surface area (Å²) in [5.41, 5.74) is 25.4. The quantitative estimate of drug-likeness (QED) is 0.158. The Kier molecular flexibility index (Phi) is 9.95. The molecule has 18 rings (SSSR count). The van der Waals surface area contributed by atoms with E-state index < -0.39 is 5.41 Å². The molecule has 2 bridgehead atoms. The molecule has 0 aliphatic heterocycles.